The maximum Gasteiger partial charge on any atom is 0.121 e. The minimum Gasteiger partial charge on any atom is -0.497 e. The third-order valence-electron chi connectivity index (χ3n) is 2.58. The average Bonchev–Trinajstić information content (AvgIpc) is 2.85. The van der Waals surface area contributed by atoms with Gasteiger partial charge in [-0.25, -0.2) is 4.68 Å². The van der Waals surface area contributed by atoms with E-state index in [2.05, 4.69) is 10.3 Å². The van der Waals surface area contributed by atoms with Crippen molar-refractivity contribution < 1.29 is 4.74 Å². The molecule has 96 valence electrons. The van der Waals surface area contributed by atoms with Crippen LogP contribution < -0.4 is 10.5 Å². The standard InChI is InChI=1S/C12H15ClN4O/c1-18-10-4-5-11(13)12(7-10)17-8-9(15-16-17)3-2-6-14/h4-5,7-8H,2-3,6,14H2,1H3. The SMILES string of the molecule is COc1ccc(Cl)c(-n2cc(CCCN)nn2)c1. The van der Waals surface area contributed by atoms with Crippen molar-refractivity contribution in [1.29, 1.82) is 0 Å². The van der Waals surface area contributed by atoms with Gasteiger partial charge in [0.05, 0.1) is 29.7 Å². The largest absolute Gasteiger partial charge is 0.497 e. The van der Waals surface area contributed by atoms with E-state index in [0.29, 0.717) is 11.6 Å². The quantitative estimate of drug-likeness (QED) is 0.897. The van der Waals surface area contributed by atoms with Crippen LogP contribution in [0.2, 0.25) is 5.02 Å². The number of hydrogen-bond acceptors (Lipinski definition) is 4. The number of ether oxygens (including phenoxy) is 1. The Morgan fingerprint density at radius 1 is 1.44 bits per heavy atom. The van der Waals surface area contributed by atoms with Gasteiger partial charge in [0, 0.05) is 6.07 Å². The van der Waals surface area contributed by atoms with Gasteiger partial charge in [0.15, 0.2) is 0 Å². The Labute approximate surface area is 111 Å². The zero-order valence-electron chi connectivity index (χ0n) is 10.1. The van der Waals surface area contributed by atoms with Gasteiger partial charge in [-0.3, -0.25) is 0 Å². The highest BCUT2D eigenvalue weighted by Crippen LogP contribution is 2.24. The van der Waals surface area contributed by atoms with Gasteiger partial charge in [0.2, 0.25) is 0 Å². The van der Waals surface area contributed by atoms with Crippen LogP contribution in [0.5, 0.6) is 5.75 Å². The molecule has 1 aromatic carbocycles. The molecule has 18 heavy (non-hydrogen) atoms. The summed E-state index contributed by atoms with van der Waals surface area (Å²) >= 11 is 6.14. The number of benzene rings is 1. The molecule has 0 spiro atoms. The Morgan fingerprint density at radius 2 is 2.28 bits per heavy atom. The van der Waals surface area contributed by atoms with Crippen molar-refractivity contribution in [2.45, 2.75) is 12.8 Å². The van der Waals surface area contributed by atoms with Gasteiger partial charge in [-0.05, 0) is 31.5 Å². The molecule has 0 unspecified atom stereocenters. The third kappa shape index (κ3) is 2.80. The lowest BCUT2D eigenvalue weighted by Gasteiger charge is -2.05. The molecule has 0 atom stereocenters. The summed E-state index contributed by atoms with van der Waals surface area (Å²) in [7, 11) is 1.61. The molecule has 0 fully saturated rings. The predicted molar refractivity (Wildman–Crippen MR) is 70.3 cm³/mol. The molecule has 2 N–H and O–H groups in total. The Bertz CT molecular complexity index is 527. The van der Waals surface area contributed by atoms with Crippen LogP contribution in [-0.4, -0.2) is 28.6 Å². The number of hydrogen-bond donors (Lipinski definition) is 1. The average molecular weight is 267 g/mol. The lowest BCUT2D eigenvalue weighted by Crippen LogP contribution is -2.00. The maximum absolute atomic E-state index is 6.14. The van der Waals surface area contributed by atoms with Crippen LogP contribution in [0.1, 0.15) is 12.1 Å². The number of nitrogens with two attached hydrogens (primary N) is 1. The second kappa shape index (κ2) is 5.84. The van der Waals surface area contributed by atoms with Crippen molar-refractivity contribution in [2.24, 2.45) is 5.73 Å². The highest BCUT2D eigenvalue weighted by atomic mass is 35.5. The first-order valence-electron chi connectivity index (χ1n) is 5.70. The van der Waals surface area contributed by atoms with Gasteiger partial charge in [-0.15, -0.1) is 5.10 Å². The van der Waals surface area contributed by atoms with Gasteiger partial charge in [-0.1, -0.05) is 16.8 Å². The molecule has 2 rings (SSSR count). The minimum atomic E-state index is 0.603. The van der Waals surface area contributed by atoms with E-state index in [1.54, 1.807) is 23.9 Å². The summed E-state index contributed by atoms with van der Waals surface area (Å²) in [4.78, 5) is 0. The predicted octanol–water partition coefficient (Wildman–Crippen LogP) is 1.82. The summed E-state index contributed by atoms with van der Waals surface area (Å²) in [6, 6.07) is 5.40. The summed E-state index contributed by atoms with van der Waals surface area (Å²) in [5, 5.41) is 8.75. The summed E-state index contributed by atoms with van der Waals surface area (Å²) in [6.07, 6.45) is 3.57. The van der Waals surface area contributed by atoms with Crippen LogP contribution in [0.15, 0.2) is 24.4 Å². The Kier molecular flexibility index (Phi) is 4.17. The van der Waals surface area contributed by atoms with E-state index < -0.39 is 0 Å². The summed E-state index contributed by atoms with van der Waals surface area (Å²) in [6.45, 7) is 0.646. The van der Waals surface area contributed by atoms with Crippen LogP contribution in [-0.2, 0) is 6.42 Å². The molecular weight excluding hydrogens is 252 g/mol. The van der Waals surface area contributed by atoms with Crippen molar-refractivity contribution >= 4 is 11.6 Å². The highest BCUT2D eigenvalue weighted by Gasteiger charge is 2.08. The second-order valence-electron chi connectivity index (χ2n) is 3.86. The van der Waals surface area contributed by atoms with Crippen molar-refractivity contribution in [2.75, 3.05) is 13.7 Å². The van der Waals surface area contributed by atoms with E-state index >= 15 is 0 Å². The van der Waals surface area contributed by atoms with Crippen molar-refractivity contribution in [1.82, 2.24) is 15.0 Å². The molecule has 0 radical (unpaired) electrons. The number of methoxy groups -OCH3 is 1. The van der Waals surface area contributed by atoms with E-state index in [9.17, 15) is 0 Å². The molecule has 0 amide bonds. The van der Waals surface area contributed by atoms with Gasteiger partial charge in [0.1, 0.15) is 5.75 Å². The molecule has 2 aromatic rings. The van der Waals surface area contributed by atoms with Crippen LogP contribution in [0.3, 0.4) is 0 Å². The minimum absolute atomic E-state index is 0.603. The molecule has 1 aromatic heterocycles. The van der Waals surface area contributed by atoms with E-state index in [4.69, 9.17) is 22.1 Å². The summed E-state index contributed by atoms with van der Waals surface area (Å²) in [5.74, 6) is 0.730. The second-order valence-corrected chi connectivity index (χ2v) is 4.27. The van der Waals surface area contributed by atoms with Crippen molar-refractivity contribution in [3.63, 3.8) is 0 Å². The van der Waals surface area contributed by atoms with Gasteiger partial charge < -0.3 is 10.5 Å². The number of rotatable bonds is 5. The van der Waals surface area contributed by atoms with Crippen molar-refractivity contribution in [3.8, 4) is 11.4 Å². The Hall–Kier alpha value is -1.59. The van der Waals surface area contributed by atoms with E-state index in [-0.39, 0.29) is 0 Å². The molecule has 1 heterocycles. The monoisotopic (exact) mass is 266 g/mol. The van der Waals surface area contributed by atoms with E-state index in [0.717, 1.165) is 30.0 Å². The van der Waals surface area contributed by atoms with Crippen molar-refractivity contribution in [3.05, 3.63) is 35.1 Å². The first-order chi connectivity index (χ1) is 8.74. The number of nitrogens with zero attached hydrogens (tertiary/aromatic N) is 3. The number of aromatic nitrogens is 3. The molecule has 0 saturated heterocycles. The molecule has 0 aliphatic rings. The fourth-order valence-corrected chi connectivity index (χ4v) is 1.81. The molecule has 0 aliphatic carbocycles. The van der Waals surface area contributed by atoms with Crippen LogP contribution in [0.4, 0.5) is 0 Å². The van der Waals surface area contributed by atoms with Crippen LogP contribution in [0, 0.1) is 0 Å². The van der Waals surface area contributed by atoms with Gasteiger partial charge >= 0.3 is 0 Å². The highest BCUT2D eigenvalue weighted by molar-refractivity contribution is 6.32. The van der Waals surface area contributed by atoms with Gasteiger partial charge in [0.25, 0.3) is 0 Å². The number of aryl methyl sites for hydroxylation is 1. The van der Waals surface area contributed by atoms with Gasteiger partial charge in [-0.2, -0.15) is 0 Å². The molecule has 0 aliphatic heterocycles. The fourth-order valence-electron chi connectivity index (χ4n) is 1.61. The lowest BCUT2D eigenvalue weighted by atomic mass is 10.2. The third-order valence-corrected chi connectivity index (χ3v) is 2.90. The van der Waals surface area contributed by atoms with Crippen LogP contribution >= 0.6 is 11.6 Å². The van der Waals surface area contributed by atoms with E-state index in [1.165, 1.54) is 0 Å². The van der Waals surface area contributed by atoms with E-state index in [1.807, 2.05) is 12.3 Å². The smallest absolute Gasteiger partial charge is 0.121 e. The summed E-state index contributed by atoms with van der Waals surface area (Å²) < 4.78 is 6.82. The lowest BCUT2D eigenvalue weighted by molar-refractivity contribution is 0.414. The molecule has 0 bridgehead atoms. The zero-order valence-corrected chi connectivity index (χ0v) is 10.9. The Balaban J connectivity index is 2.27. The molecule has 5 nitrogen and oxygen atoms in total. The topological polar surface area (TPSA) is 66.0 Å². The zero-order chi connectivity index (χ0) is 13.0. The fraction of sp³-hybridized carbons (Fsp3) is 0.333. The molecular formula is C12H15ClN4O. The maximum atomic E-state index is 6.14. The molecule has 6 heteroatoms. The Morgan fingerprint density at radius 3 is 3.00 bits per heavy atom. The first-order valence-corrected chi connectivity index (χ1v) is 6.07. The summed E-state index contributed by atoms with van der Waals surface area (Å²) in [5.41, 5.74) is 7.12. The normalized spacial score (nSPS) is 10.6. The first kappa shape index (κ1) is 12.9. The number of halogens is 1. The molecule has 0 saturated carbocycles. The van der Waals surface area contributed by atoms with Crippen LogP contribution in [0.25, 0.3) is 5.69 Å².